The zero-order chi connectivity index (χ0) is 26.4. The minimum atomic E-state index is -0.710. The molecule has 8 nitrogen and oxygen atoms in total. The Bertz CT molecular complexity index is 1380. The zero-order valence-electron chi connectivity index (χ0n) is 21.1. The summed E-state index contributed by atoms with van der Waals surface area (Å²) in [6.07, 6.45) is 6.30. The number of nitrogens with zero attached hydrogens (tertiary/aromatic N) is 2. The molecule has 0 aliphatic heterocycles. The number of methoxy groups -OCH3 is 1. The highest BCUT2D eigenvalue weighted by Crippen LogP contribution is 2.33. The monoisotopic (exact) mass is 504 g/mol. The second-order valence-corrected chi connectivity index (χ2v) is 8.76. The fraction of sp³-hybridized carbons (Fsp3) is 0.286. The van der Waals surface area contributed by atoms with Crippen LogP contribution in [0.4, 0.5) is 4.39 Å². The van der Waals surface area contributed by atoms with E-state index in [1.54, 1.807) is 13.2 Å². The molecule has 0 saturated heterocycles. The highest BCUT2D eigenvalue weighted by Gasteiger charge is 2.18. The van der Waals surface area contributed by atoms with Gasteiger partial charge in [-0.05, 0) is 66.3 Å². The Balaban J connectivity index is 1.53. The van der Waals surface area contributed by atoms with Crippen molar-refractivity contribution in [2.45, 2.75) is 33.3 Å². The molecule has 0 fully saturated rings. The average molecular weight is 505 g/mol. The molecule has 1 aliphatic rings. The number of amides is 2. The van der Waals surface area contributed by atoms with Crippen molar-refractivity contribution >= 4 is 17.4 Å². The molecular weight excluding hydrogens is 475 g/mol. The lowest BCUT2D eigenvalue weighted by Crippen LogP contribution is -2.34. The quantitative estimate of drug-likeness (QED) is 0.410. The molecule has 0 bridgehead atoms. The highest BCUT2D eigenvalue weighted by atomic mass is 19.1. The summed E-state index contributed by atoms with van der Waals surface area (Å²) in [5.41, 5.74) is 5.69. The summed E-state index contributed by atoms with van der Waals surface area (Å²) in [7, 11) is 1.66. The standard InChI is InChI=1S/C28H29FN4O4/c1-17-6-4-5-7-22(17)23-10-9-20(14-21(23)16-36-3)28-32-26(33-37-28)19-8-11-24(25(29)15-19)27(35)31-13-12-30-18(2)34/h4,6,8-11,14-15H,5,7,12-13,16H2,1-3H3,(H,30,34)(H,31,35). The van der Waals surface area contributed by atoms with Gasteiger partial charge in [0, 0.05) is 38.2 Å². The van der Waals surface area contributed by atoms with Crippen LogP contribution >= 0.6 is 0 Å². The molecule has 0 radical (unpaired) electrons. The third kappa shape index (κ3) is 6.18. The van der Waals surface area contributed by atoms with Gasteiger partial charge in [0.15, 0.2) is 0 Å². The summed E-state index contributed by atoms with van der Waals surface area (Å²) in [6, 6.07) is 10.1. The SMILES string of the molecule is COCc1cc(-c2nc(-c3ccc(C(=O)NCCNC(C)=O)c(F)c3)no2)ccc1C1=C(C)C=CCC1. The van der Waals surface area contributed by atoms with Crippen molar-refractivity contribution < 1.29 is 23.2 Å². The summed E-state index contributed by atoms with van der Waals surface area (Å²) in [6.45, 7) is 4.37. The van der Waals surface area contributed by atoms with E-state index in [9.17, 15) is 14.0 Å². The van der Waals surface area contributed by atoms with Crippen molar-refractivity contribution in [3.8, 4) is 22.8 Å². The van der Waals surface area contributed by atoms with Crippen LogP contribution < -0.4 is 10.6 Å². The predicted molar refractivity (Wildman–Crippen MR) is 138 cm³/mol. The number of hydrogen-bond donors (Lipinski definition) is 2. The molecule has 1 aromatic heterocycles. The Morgan fingerprint density at radius 1 is 1.11 bits per heavy atom. The lowest BCUT2D eigenvalue weighted by atomic mass is 9.89. The van der Waals surface area contributed by atoms with Crippen molar-refractivity contribution in [1.29, 1.82) is 0 Å². The molecular formula is C28H29FN4O4. The third-order valence-corrected chi connectivity index (χ3v) is 6.06. The summed E-state index contributed by atoms with van der Waals surface area (Å²) in [4.78, 5) is 27.6. The Labute approximate surface area is 214 Å². The highest BCUT2D eigenvalue weighted by molar-refractivity contribution is 5.95. The topological polar surface area (TPSA) is 106 Å². The van der Waals surface area contributed by atoms with Gasteiger partial charge in [-0.15, -0.1) is 0 Å². The predicted octanol–water partition coefficient (Wildman–Crippen LogP) is 4.68. The van der Waals surface area contributed by atoms with E-state index in [0.717, 1.165) is 29.5 Å². The minimum absolute atomic E-state index is 0.114. The van der Waals surface area contributed by atoms with Gasteiger partial charge in [-0.3, -0.25) is 9.59 Å². The average Bonchev–Trinajstić information content (AvgIpc) is 3.37. The van der Waals surface area contributed by atoms with Gasteiger partial charge in [-0.25, -0.2) is 4.39 Å². The largest absolute Gasteiger partial charge is 0.380 e. The van der Waals surface area contributed by atoms with E-state index >= 15 is 0 Å². The van der Waals surface area contributed by atoms with Crippen molar-refractivity contribution in [2.75, 3.05) is 20.2 Å². The van der Waals surface area contributed by atoms with Crippen LogP contribution in [0, 0.1) is 5.82 Å². The molecule has 0 unspecified atom stereocenters. The minimum Gasteiger partial charge on any atom is -0.380 e. The Kier molecular flexibility index (Phi) is 8.25. The number of benzene rings is 2. The summed E-state index contributed by atoms with van der Waals surface area (Å²) in [5, 5.41) is 9.14. The maximum absolute atomic E-state index is 14.7. The molecule has 2 amide bonds. The molecule has 2 N–H and O–H groups in total. The Hall–Kier alpha value is -4.11. The first kappa shape index (κ1) is 26.0. The van der Waals surface area contributed by atoms with Gasteiger partial charge >= 0.3 is 0 Å². The van der Waals surface area contributed by atoms with Gasteiger partial charge in [-0.2, -0.15) is 4.98 Å². The Morgan fingerprint density at radius 2 is 1.89 bits per heavy atom. The fourth-order valence-electron chi connectivity index (χ4n) is 4.23. The summed E-state index contributed by atoms with van der Waals surface area (Å²) >= 11 is 0. The van der Waals surface area contributed by atoms with Crippen LogP contribution in [0.5, 0.6) is 0 Å². The molecule has 0 saturated carbocycles. The molecule has 1 heterocycles. The van der Waals surface area contributed by atoms with Gasteiger partial charge in [-0.1, -0.05) is 29.4 Å². The van der Waals surface area contributed by atoms with Gasteiger partial charge in [0.1, 0.15) is 5.82 Å². The maximum Gasteiger partial charge on any atom is 0.258 e. The van der Waals surface area contributed by atoms with E-state index in [1.807, 2.05) is 18.2 Å². The van der Waals surface area contributed by atoms with Crippen LogP contribution in [0.25, 0.3) is 28.4 Å². The normalized spacial score (nSPS) is 13.1. The first-order chi connectivity index (χ1) is 17.9. The van der Waals surface area contributed by atoms with E-state index in [4.69, 9.17) is 9.26 Å². The van der Waals surface area contributed by atoms with E-state index in [0.29, 0.717) is 18.1 Å². The molecule has 3 aromatic rings. The summed E-state index contributed by atoms with van der Waals surface area (Å²) < 4.78 is 25.6. The first-order valence-corrected chi connectivity index (χ1v) is 12.0. The number of nitrogens with one attached hydrogen (secondary N) is 2. The number of allylic oxidation sites excluding steroid dienone is 4. The number of aromatic nitrogens is 2. The van der Waals surface area contributed by atoms with Gasteiger partial charge in [0.05, 0.1) is 12.2 Å². The van der Waals surface area contributed by atoms with Crippen molar-refractivity contribution in [2.24, 2.45) is 0 Å². The molecule has 37 heavy (non-hydrogen) atoms. The summed E-state index contributed by atoms with van der Waals surface area (Å²) in [5.74, 6) is -0.983. The second-order valence-electron chi connectivity index (χ2n) is 8.76. The number of carbonyl (C=O) groups is 2. The molecule has 2 aromatic carbocycles. The lowest BCUT2D eigenvalue weighted by molar-refractivity contribution is -0.118. The molecule has 1 aliphatic carbocycles. The van der Waals surface area contributed by atoms with E-state index < -0.39 is 11.7 Å². The van der Waals surface area contributed by atoms with Crippen LogP contribution in [0.3, 0.4) is 0 Å². The molecule has 9 heteroatoms. The van der Waals surface area contributed by atoms with Gasteiger partial charge < -0.3 is 19.9 Å². The number of hydrogen-bond acceptors (Lipinski definition) is 6. The van der Waals surface area contributed by atoms with Crippen LogP contribution in [-0.4, -0.2) is 42.2 Å². The smallest absolute Gasteiger partial charge is 0.258 e. The van der Waals surface area contributed by atoms with E-state index in [2.05, 4.69) is 39.8 Å². The maximum atomic E-state index is 14.7. The number of carbonyl (C=O) groups excluding carboxylic acids is 2. The number of rotatable bonds is 9. The molecule has 0 atom stereocenters. The van der Waals surface area contributed by atoms with E-state index in [1.165, 1.54) is 30.2 Å². The van der Waals surface area contributed by atoms with Gasteiger partial charge in [0.2, 0.25) is 11.7 Å². The van der Waals surface area contributed by atoms with Crippen molar-refractivity contribution in [3.05, 3.63) is 76.6 Å². The zero-order valence-corrected chi connectivity index (χ0v) is 21.1. The molecule has 4 rings (SSSR count). The second kappa shape index (κ2) is 11.7. The van der Waals surface area contributed by atoms with Crippen molar-refractivity contribution in [1.82, 2.24) is 20.8 Å². The molecule has 192 valence electrons. The molecule has 0 spiro atoms. The van der Waals surface area contributed by atoms with Gasteiger partial charge in [0.25, 0.3) is 11.8 Å². The third-order valence-electron chi connectivity index (χ3n) is 6.06. The number of ether oxygens (including phenoxy) is 1. The fourth-order valence-corrected chi connectivity index (χ4v) is 4.23. The Morgan fingerprint density at radius 3 is 2.62 bits per heavy atom. The number of halogens is 1. The van der Waals surface area contributed by atoms with Crippen LogP contribution in [0.1, 0.15) is 48.2 Å². The van der Waals surface area contributed by atoms with Crippen LogP contribution in [-0.2, 0) is 16.1 Å². The first-order valence-electron chi connectivity index (χ1n) is 12.0. The lowest BCUT2D eigenvalue weighted by Gasteiger charge is -2.17. The van der Waals surface area contributed by atoms with Crippen molar-refractivity contribution in [3.63, 3.8) is 0 Å². The van der Waals surface area contributed by atoms with Crippen LogP contribution in [0.15, 0.2) is 58.6 Å². The van der Waals surface area contributed by atoms with E-state index in [-0.39, 0.29) is 30.4 Å². The van der Waals surface area contributed by atoms with Crippen LogP contribution in [0.2, 0.25) is 0 Å².